The largest absolute Gasteiger partial charge is 0.392 e. The number of hydrogen-bond acceptors (Lipinski definition) is 1. The minimum absolute atomic E-state index is 0.279. The first-order valence-corrected chi connectivity index (χ1v) is 5.08. The van der Waals surface area contributed by atoms with E-state index in [9.17, 15) is 0 Å². The lowest BCUT2D eigenvalue weighted by Crippen LogP contribution is -2.07. The highest BCUT2D eigenvalue weighted by molar-refractivity contribution is 6.18. The van der Waals surface area contributed by atoms with Crippen molar-refractivity contribution in [1.82, 2.24) is 0 Å². The molecule has 11 heavy (non-hydrogen) atoms. The van der Waals surface area contributed by atoms with Gasteiger partial charge in [-0.2, -0.15) is 0 Å². The van der Waals surface area contributed by atoms with Crippen LogP contribution >= 0.6 is 11.6 Å². The molecule has 0 aliphatic rings. The lowest BCUT2D eigenvalue weighted by atomic mass is 10.1. The summed E-state index contributed by atoms with van der Waals surface area (Å²) in [6.07, 6.45) is 6.84. The number of halogens is 1. The van der Waals surface area contributed by atoms with Crippen molar-refractivity contribution in [2.45, 2.75) is 51.6 Å². The van der Waals surface area contributed by atoms with E-state index in [1.165, 1.54) is 25.7 Å². The van der Waals surface area contributed by atoms with Crippen LogP contribution in [-0.2, 0) is 0 Å². The van der Waals surface area contributed by atoms with E-state index in [4.69, 9.17) is 16.7 Å². The van der Waals surface area contributed by atoms with E-state index >= 15 is 0 Å². The van der Waals surface area contributed by atoms with Crippen LogP contribution in [0, 0.1) is 0 Å². The summed E-state index contributed by atoms with van der Waals surface area (Å²) in [5, 5.41) is 9.08. The highest BCUT2D eigenvalue weighted by Gasteiger charge is 1.99. The first kappa shape index (κ1) is 11.2. The summed E-state index contributed by atoms with van der Waals surface area (Å²) in [6, 6.07) is 0. The molecule has 0 spiro atoms. The Balaban J connectivity index is 2.89. The van der Waals surface area contributed by atoms with Gasteiger partial charge >= 0.3 is 0 Å². The quantitative estimate of drug-likeness (QED) is 0.470. The number of rotatable bonds is 7. The summed E-state index contributed by atoms with van der Waals surface area (Å²) < 4.78 is 0. The predicted molar refractivity (Wildman–Crippen MR) is 50.1 cm³/mol. The van der Waals surface area contributed by atoms with Gasteiger partial charge in [-0.1, -0.05) is 39.0 Å². The highest BCUT2D eigenvalue weighted by atomic mass is 35.5. The molecular formula is C9H19ClO. The van der Waals surface area contributed by atoms with Crippen molar-refractivity contribution in [3.8, 4) is 0 Å². The van der Waals surface area contributed by atoms with Gasteiger partial charge in [-0.15, -0.1) is 11.6 Å². The molecule has 0 aliphatic carbocycles. The van der Waals surface area contributed by atoms with Gasteiger partial charge in [0.1, 0.15) is 0 Å². The summed E-state index contributed by atoms with van der Waals surface area (Å²) in [5.74, 6) is 0.383. The molecule has 0 bridgehead atoms. The third-order valence-corrected chi connectivity index (χ3v) is 2.18. The fraction of sp³-hybridized carbons (Fsp3) is 1.00. The Morgan fingerprint density at radius 3 is 2.36 bits per heavy atom. The third kappa shape index (κ3) is 8.15. The van der Waals surface area contributed by atoms with Crippen LogP contribution in [0.4, 0.5) is 0 Å². The lowest BCUT2D eigenvalue weighted by molar-refractivity contribution is 0.183. The van der Waals surface area contributed by atoms with E-state index in [2.05, 4.69) is 6.92 Å². The smallest absolute Gasteiger partial charge is 0.0675 e. The Bertz CT molecular complexity index is 76.0. The molecule has 1 atom stereocenters. The molecule has 0 radical (unpaired) electrons. The van der Waals surface area contributed by atoms with Crippen LogP contribution in [0.1, 0.15) is 45.4 Å². The topological polar surface area (TPSA) is 20.2 Å². The van der Waals surface area contributed by atoms with Crippen molar-refractivity contribution in [2.24, 2.45) is 0 Å². The first-order chi connectivity index (χ1) is 5.31. The molecule has 0 saturated heterocycles. The second-order valence-corrected chi connectivity index (χ2v) is 3.32. The molecule has 1 nitrogen and oxygen atoms in total. The summed E-state index contributed by atoms with van der Waals surface area (Å²) >= 11 is 5.44. The van der Waals surface area contributed by atoms with Crippen LogP contribution in [0.5, 0.6) is 0 Å². The SMILES string of the molecule is CCCCCCC[C@H](O)CCl. The molecule has 68 valence electrons. The molecule has 0 aliphatic heterocycles. The molecule has 0 aromatic rings. The van der Waals surface area contributed by atoms with Gasteiger partial charge in [-0.3, -0.25) is 0 Å². The molecule has 0 aromatic heterocycles. The van der Waals surface area contributed by atoms with E-state index in [0.717, 1.165) is 12.8 Å². The number of aliphatic hydroxyl groups excluding tert-OH is 1. The van der Waals surface area contributed by atoms with Gasteiger partial charge in [0.25, 0.3) is 0 Å². The number of unbranched alkanes of at least 4 members (excludes halogenated alkanes) is 4. The van der Waals surface area contributed by atoms with Crippen LogP contribution in [0.2, 0.25) is 0 Å². The van der Waals surface area contributed by atoms with Crippen molar-refractivity contribution in [2.75, 3.05) is 5.88 Å². The van der Waals surface area contributed by atoms with Crippen LogP contribution in [0.25, 0.3) is 0 Å². The number of hydrogen-bond donors (Lipinski definition) is 1. The predicted octanol–water partition coefficient (Wildman–Crippen LogP) is 2.95. The summed E-state index contributed by atoms with van der Waals surface area (Å²) in [5.41, 5.74) is 0. The zero-order chi connectivity index (χ0) is 8.53. The van der Waals surface area contributed by atoms with E-state index in [1.54, 1.807) is 0 Å². The Kier molecular flexibility index (Phi) is 8.54. The zero-order valence-electron chi connectivity index (χ0n) is 7.35. The van der Waals surface area contributed by atoms with Gasteiger partial charge in [0.15, 0.2) is 0 Å². The molecule has 0 amide bonds. The van der Waals surface area contributed by atoms with E-state index in [-0.39, 0.29) is 6.10 Å². The maximum absolute atomic E-state index is 9.08. The monoisotopic (exact) mass is 178 g/mol. The molecule has 1 N–H and O–H groups in total. The molecular weight excluding hydrogens is 160 g/mol. The van der Waals surface area contributed by atoms with Crippen LogP contribution in [0.15, 0.2) is 0 Å². The van der Waals surface area contributed by atoms with Crippen molar-refractivity contribution in [3.05, 3.63) is 0 Å². The minimum atomic E-state index is -0.279. The maximum atomic E-state index is 9.08. The summed E-state index contributed by atoms with van der Waals surface area (Å²) in [6.45, 7) is 2.20. The normalized spacial score (nSPS) is 13.4. The van der Waals surface area contributed by atoms with Gasteiger partial charge in [-0.05, 0) is 6.42 Å². The Morgan fingerprint density at radius 1 is 1.18 bits per heavy atom. The molecule has 0 heterocycles. The standard InChI is InChI=1S/C9H19ClO/c1-2-3-4-5-6-7-9(11)8-10/h9,11H,2-8H2,1H3/t9-/m0/s1. The van der Waals surface area contributed by atoms with Crippen LogP contribution < -0.4 is 0 Å². The van der Waals surface area contributed by atoms with Crippen molar-refractivity contribution in [1.29, 1.82) is 0 Å². The van der Waals surface area contributed by atoms with E-state index < -0.39 is 0 Å². The average Bonchev–Trinajstić information content (AvgIpc) is 2.04. The number of aliphatic hydroxyl groups is 1. The summed E-state index contributed by atoms with van der Waals surface area (Å²) in [7, 11) is 0. The van der Waals surface area contributed by atoms with Gasteiger partial charge < -0.3 is 5.11 Å². The van der Waals surface area contributed by atoms with E-state index in [1.807, 2.05) is 0 Å². The second kappa shape index (κ2) is 8.35. The van der Waals surface area contributed by atoms with Crippen molar-refractivity contribution >= 4 is 11.6 Å². The van der Waals surface area contributed by atoms with Crippen molar-refractivity contribution < 1.29 is 5.11 Å². The lowest BCUT2D eigenvalue weighted by Gasteiger charge is -2.04. The van der Waals surface area contributed by atoms with Gasteiger partial charge in [0, 0.05) is 5.88 Å². The Hall–Kier alpha value is 0.250. The van der Waals surface area contributed by atoms with Crippen LogP contribution in [0.3, 0.4) is 0 Å². The molecule has 0 unspecified atom stereocenters. The minimum Gasteiger partial charge on any atom is -0.392 e. The molecule has 0 rings (SSSR count). The van der Waals surface area contributed by atoms with Gasteiger partial charge in [0.2, 0.25) is 0 Å². The van der Waals surface area contributed by atoms with Crippen molar-refractivity contribution in [3.63, 3.8) is 0 Å². The van der Waals surface area contributed by atoms with Crippen LogP contribution in [-0.4, -0.2) is 17.1 Å². The second-order valence-electron chi connectivity index (χ2n) is 3.01. The molecule has 0 aromatic carbocycles. The molecule has 0 saturated carbocycles. The Labute approximate surface area is 74.8 Å². The van der Waals surface area contributed by atoms with Gasteiger partial charge in [0.05, 0.1) is 6.10 Å². The fourth-order valence-corrected chi connectivity index (χ4v) is 1.21. The first-order valence-electron chi connectivity index (χ1n) is 4.55. The Morgan fingerprint density at radius 2 is 1.82 bits per heavy atom. The fourth-order valence-electron chi connectivity index (χ4n) is 1.06. The van der Waals surface area contributed by atoms with Gasteiger partial charge in [-0.25, -0.2) is 0 Å². The third-order valence-electron chi connectivity index (χ3n) is 1.82. The number of alkyl halides is 1. The molecule has 2 heteroatoms. The summed E-state index contributed by atoms with van der Waals surface area (Å²) in [4.78, 5) is 0. The maximum Gasteiger partial charge on any atom is 0.0675 e. The highest BCUT2D eigenvalue weighted by Crippen LogP contribution is 2.07. The average molecular weight is 179 g/mol. The van der Waals surface area contributed by atoms with E-state index in [0.29, 0.717) is 5.88 Å². The molecule has 0 fully saturated rings. The zero-order valence-corrected chi connectivity index (χ0v) is 8.11.